The quantitative estimate of drug-likeness (QED) is 0.813. The lowest BCUT2D eigenvalue weighted by atomic mass is 9.79. The first-order valence-electron chi connectivity index (χ1n) is 6.51. The molecule has 1 N–H and O–H groups in total. The lowest BCUT2D eigenvalue weighted by Gasteiger charge is -2.37. The third-order valence-electron chi connectivity index (χ3n) is 3.94. The van der Waals surface area contributed by atoms with Gasteiger partial charge in [0, 0.05) is 13.1 Å². The van der Waals surface area contributed by atoms with Crippen molar-refractivity contribution in [1.82, 2.24) is 4.31 Å². The molecule has 2 aliphatic rings. The molecule has 0 aromatic carbocycles. The van der Waals surface area contributed by atoms with E-state index in [-0.39, 0.29) is 11.7 Å². The lowest BCUT2D eigenvalue weighted by molar-refractivity contribution is -0.0253. The molecular weight excluding hydrogens is 238 g/mol. The maximum absolute atomic E-state index is 11.9. The Morgan fingerprint density at radius 3 is 2.59 bits per heavy atom. The van der Waals surface area contributed by atoms with Crippen molar-refractivity contribution in [3.05, 3.63) is 0 Å². The third-order valence-corrected chi connectivity index (χ3v) is 6.00. The molecule has 1 saturated carbocycles. The van der Waals surface area contributed by atoms with E-state index in [1.807, 2.05) is 6.92 Å². The maximum atomic E-state index is 11.9. The largest absolute Gasteiger partial charge is 0.389 e. The van der Waals surface area contributed by atoms with Crippen LogP contribution in [0.25, 0.3) is 0 Å². The smallest absolute Gasteiger partial charge is 0.214 e. The van der Waals surface area contributed by atoms with E-state index in [9.17, 15) is 13.5 Å². The Kier molecular flexibility index (Phi) is 3.54. The van der Waals surface area contributed by atoms with Crippen LogP contribution in [0.15, 0.2) is 0 Å². The summed E-state index contributed by atoms with van der Waals surface area (Å²) in [6, 6.07) is 0. The zero-order valence-corrected chi connectivity index (χ0v) is 11.5. The molecule has 5 heteroatoms. The van der Waals surface area contributed by atoms with Gasteiger partial charge in [-0.15, -0.1) is 0 Å². The monoisotopic (exact) mass is 261 g/mol. The van der Waals surface area contributed by atoms with Crippen LogP contribution in [-0.4, -0.2) is 42.3 Å². The van der Waals surface area contributed by atoms with Crippen LogP contribution in [0.3, 0.4) is 0 Å². The molecule has 1 aliphatic carbocycles. The summed E-state index contributed by atoms with van der Waals surface area (Å²) in [5.41, 5.74) is -0.797. The van der Waals surface area contributed by atoms with Crippen LogP contribution in [0.2, 0.25) is 0 Å². The highest BCUT2D eigenvalue weighted by atomic mass is 32.2. The van der Waals surface area contributed by atoms with Crippen molar-refractivity contribution in [2.75, 3.05) is 18.8 Å². The van der Waals surface area contributed by atoms with Crippen LogP contribution in [0.4, 0.5) is 0 Å². The van der Waals surface area contributed by atoms with Gasteiger partial charge in [0.05, 0.1) is 11.4 Å². The number of sulfonamides is 1. The second-order valence-electron chi connectivity index (χ2n) is 6.10. The number of β-amino-alcohol motifs (C(OH)–C–C–N with tert-alkyl or cyclic N) is 1. The predicted molar refractivity (Wildman–Crippen MR) is 67.1 cm³/mol. The van der Waals surface area contributed by atoms with Gasteiger partial charge in [0.2, 0.25) is 10.0 Å². The first kappa shape index (κ1) is 13.3. The fraction of sp³-hybridized carbons (Fsp3) is 1.00. The third kappa shape index (κ3) is 3.01. The van der Waals surface area contributed by atoms with Crippen molar-refractivity contribution in [1.29, 1.82) is 0 Å². The van der Waals surface area contributed by atoms with Crippen molar-refractivity contribution in [2.45, 2.75) is 45.1 Å². The predicted octanol–water partition coefficient (Wildman–Crippen LogP) is 1.21. The number of rotatable bonds is 2. The van der Waals surface area contributed by atoms with Gasteiger partial charge in [0.25, 0.3) is 0 Å². The molecule has 1 aliphatic heterocycles. The summed E-state index contributed by atoms with van der Waals surface area (Å²) < 4.78 is 25.3. The number of hydrogen-bond acceptors (Lipinski definition) is 3. The summed E-state index contributed by atoms with van der Waals surface area (Å²) >= 11 is 0. The molecule has 0 spiro atoms. The van der Waals surface area contributed by atoms with E-state index < -0.39 is 15.6 Å². The standard InChI is InChI=1S/C12H23NO3S/c1-10-4-3-5-12(14,6-10)9-13-7-11(2)8-17(13,15)16/h10-11,14H,3-9H2,1-2H3. The normalized spacial score (nSPS) is 42.8. The Morgan fingerprint density at radius 2 is 2.06 bits per heavy atom. The van der Waals surface area contributed by atoms with Gasteiger partial charge in [-0.1, -0.05) is 26.7 Å². The highest BCUT2D eigenvalue weighted by Crippen LogP contribution is 2.34. The van der Waals surface area contributed by atoms with Crippen LogP contribution in [0.1, 0.15) is 39.5 Å². The molecule has 1 saturated heterocycles. The molecule has 2 rings (SSSR count). The zero-order chi connectivity index (χ0) is 12.7. The Balaban J connectivity index is 2.05. The van der Waals surface area contributed by atoms with Gasteiger partial charge >= 0.3 is 0 Å². The minimum atomic E-state index is -3.12. The maximum Gasteiger partial charge on any atom is 0.214 e. The minimum absolute atomic E-state index is 0.185. The molecule has 2 fully saturated rings. The van der Waals surface area contributed by atoms with Crippen LogP contribution >= 0.6 is 0 Å². The highest BCUT2D eigenvalue weighted by Gasteiger charge is 2.41. The summed E-state index contributed by atoms with van der Waals surface area (Å²) in [5, 5.41) is 10.5. The summed E-state index contributed by atoms with van der Waals surface area (Å²) in [6.45, 7) is 4.94. The molecule has 0 bridgehead atoms. The molecule has 0 aromatic heterocycles. The van der Waals surface area contributed by atoms with E-state index in [0.717, 1.165) is 25.7 Å². The Hall–Kier alpha value is -0.130. The van der Waals surface area contributed by atoms with Gasteiger partial charge in [0.15, 0.2) is 0 Å². The molecule has 0 amide bonds. The lowest BCUT2D eigenvalue weighted by Crippen LogP contribution is -2.46. The number of nitrogens with zero attached hydrogens (tertiary/aromatic N) is 1. The Bertz CT molecular complexity index is 381. The first-order chi connectivity index (χ1) is 7.81. The molecule has 0 aromatic rings. The first-order valence-corrected chi connectivity index (χ1v) is 8.12. The molecule has 17 heavy (non-hydrogen) atoms. The van der Waals surface area contributed by atoms with Gasteiger partial charge in [-0.05, 0) is 24.7 Å². The summed E-state index contributed by atoms with van der Waals surface area (Å²) in [6.07, 6.45) is 3.61. The van der Waals surface area contributed by atoms with Gasteiger partial charge in [-0.25, -0.2) is 8.42 Å². The van der Waals surface area contributed by atoms with Crippen molar-refractivity contribution < 1.29 is 13.5 Å². The average Bonchev–Trinajstić information content (AvgIpc) is 2.37. The van der Waals surface area contributed by atoms with E-state index in [1.165, 1.54) is 4.31 Å². The van der Waals surface area contributed by atoms with E-state index in [0.29, 0.717) is 19.0 Å². The zero-order valence-electron chi connectivity index (χ0n) is 10.7. The van der Waals surface area contributed by atoms with Crippen molar-refractivity contribution in [3.8, 4) is 0 Å². The molecule has 1 heterocycles. The molecule has 3 unspecified atom stereocenters. The second kappa shape index (κ2) is 4.52. The Labute approximate surface area is 104 Å². The van der Waals surface area contributed by atoms with E-state index in [4.69, 9.17) is 0 Å². The van der Waals surface area contributed by atoms with Crippen molar-refractivity contribution in [2.24, 2.45) is 11.8 Å². The van der Waals surface area contributed by atoms with Crippen LogP contribution in [0, 0.1) is 11.8 Å². The molecule has 100 valence electrons. The van der Waals surface area contributed by atoms with Crippen LogP contribution in [-0.2, 0) is 10.0 Å². The topological polar surface area (TPSA) is 57.6 Å². The average molecular weight is 261 g/mol. The Morgan fingerprint density at radius 1 is 1.35 bits per heavy atom. The number of hydrogen-bond donors (Lipinski definition) is 1. The van der Waals surface area contributed by atoms with E-state index in [1.54, 1.807) is 0 Å². The van der Waals surface area contributed by atoms with Gasteiger partial charge in [-0.2, -0.15) is 4.31 Å². The van der Waals surface area contributed by atoms with Crippen LogP contribution < -0.4 is 0 Å². The molecule has 3 atom stereocenters. The van der Waals surface area contributed by atoms with Crippen molar-refractivity contribution in [3.63, 3.8) is 0 Å². The van der Waals surface area contributed by atoms with Crippen LogP contribution in [0.5, 0.6) is 0 Å². The second-order valence-corrected chi connectivity index (χ2v) is 8.12. The summed E-state index contributed by atoms with van der Waals surface area (Å²) in [5.74, 6) is 0.916. The SMILES string of the molecule is CC1CCCC(O)(CN2CC(C)CS2(=O)=O)C1. The van der Waals surface area contributed by atoms with Gasteiger partial charge in [-0.3, -0.25) is 0 Å². The molecule has 0 radical (unpaired) electrons. The van der Waals surface area contributed by atoms with Crippen molar-refractivity contribution >= 4 is 10.0 Å². The van der Waals surface area contributed by atoms with Gasteiger partial charge < -0.3 is 5.11 Å². The summed E-state index contributed by atoms with van der Waals surface area (Å²) in [4.78, 5) is 0. The number of aliphatic hydroxyl groups is 1. The highest BCUT2D eigenvalue weighted by molar-refractivity contribution is 7.89. The summed E-state index contributed by atoms with van der Waals surface area (Å²) in [7, 11) is -3.12. The fourth-order valence-corrected chi connectivity index (χ4v) is 5.20. The molecular formula is C12H23NO3S. The van der Waals surface area contributed by atoms with E-state index in [2.05, 4.69) is 6.92 Å². The fourth-order valence-electron chi connectivity index (χ4n) is 3.25. The van der Waals surface area contributed by atoms with Gasteiger partial charge in [0.1, 0.15) is 0 Å². The van der Waals surface area contributed by atoms with E-state index >= 15 is 0 Å². The molecule has 4 nitrogen and oxygen atoms in total. The minimum Gasteiger partial charge on any atom is -0.389 e.